The van der Waals surface area contributed by atoms with Crippen molar-refractivity contribution in [2.75, 3.05) is 40.9 Å². The smallest absolute Gasteiger partial charge is 0.320 e. The lowest BCUT2D eigenvalue weighted by Crippen LogP contribution is -2.47. The van der Waals surface area contributed by atoms with Gasteiger partial charge in [0.2, 0.25) is 5.91 Å². The van der Waals surface area contributed by atoms with Crippen LogP contribution in [0.1, 0.15) is 10.4 Å². The fourth-order valence-electron chi connectivity index (χ4n) is 2.62. The van der Waals surface area contributed by atoms with Crippen LogP contribution in [0.3, 0.4) is 0 Å². The zero-order valence-electron chi connectivity index (χ0n) is 16.4. The first-order valence-corrected chi connectivity index (χ1v) is 9.78. The average molecular weight is 408 g/mol. The highest BCUT2D eigenvalue weighted by Gasteiger charge is 2.23. The predicted octanol–water partition coefficient (Wildman–Crippen LogP) is 3.05. The van der Waals surface area contributed by atoms with Crippen molar-refractivity contribution in [2.24, 2.45) is 0 Å². The molecule has 8 heteroatoms. The molecule has 0 bridgehead atoms. The topological polar surface area (TPSA) is 53.1 Å². The third kappa shape index (κ3) is 6.61. The van der Waals surface area contributed by atoms with E-state index in [-0.39, 0.29) is 24.3 Å². The van der Waals surface area contributed by atoms with Gasteiger partial charge in [-0.3, -0.25) is 4.79 Å². The van der Waals surface area contributed by atoms with Gasteiger partial charge in [-0.15, -0.1) is 11.3 Å². The Labute approximate surface area is 169 Å². The first-order chi connectivity index (χ1) is 13.4. The Kier molecular flexibility index (Phi) is 8.41. The summed E-state index contributed by atoms with van der Waals surface area (Å²) in [6.07, 6.45) is 0. The lowest BCUT2D eigenvalue weighted by molar-refractivity contribution is -0.133. The zero-order chi connectivity index (χ0) is 20.5. The minimum Gasteiger partial charge on any atom is -0.383 e. The highest BCUT2D eigenvalue weighted by molar-refractivity contribution is 7.09. The maximum Gasteiger partial charge on any atom is 0.320 e. The Balaban J connectivity index is 2.15. The van der Waals surface area contributed by atoms with Gasteiger partial charge in [-0.25, -0.2) is 9.18 Å². The molecule has 1 aromatic carbocycles. The van der Waals surface area contributed by atoms with Crippen molar-refractivity contribution in [1.29, 1.82) is 0 Å². The van der Waals surface area contributed by atoms with E-state index in [2.05, 4.69) is 0 Å². The summed E-state index contributed by atoms with van der Waals surface area (Å²) in [7, 11) is 4.85. The van der Waals surface area contributed by atoms with Crippen LogP contribution in [0.25, 0.3) is 0 Å². The van der Waals surface area contributed by atoms with Gasteiger partial charge in [-0.1, -0.05) is 18.2 Å². The van der Waals surface area contributed by atoms with Crippen molar-refractivity contribution in [3.05, 3.63) is 58.0 Å². The number of methoxy groups -OCH3 is 1. The normalized spacial score (nSPS) is 10.6. The molecule has 0 unspecified atom stereocenters. The van der Waals surface area contributed by atoms with Crippen molar-refractivity contribution in [2.45, 2.75) is 13.1 Å². The number of thiophene rings is 1. The first-order valence-electron chi connectivity index (χ1n) is 8.90. The summed E-state index contributed by atoms with van der Waals surface area (Å²) >= 11 is 1.56. The van der Waals surface area contributed by atoms with Crippen LogP contribution < -0.4 is 0 Å². The number of carbonyl (C=O) groups excluding carboxylic acids is 2. The van der Waals surface area contributed by atoms with Crippen molar-refractivity contribution >= 4 is 23.3 Å². The van der Waals surface area contributed by atoms with Gasteiger partial charge in [-0.2, -0.15) is 0 Å². The highest BCUT2D eigenvalue weighted by atomic mass is 32.1. The molecule has 0 aliphatic heterocycles. The molecule has 0 N–H and O–H groups in total. The van der Waals surface area contributed by atoms with E-state index in [0.29, 0.717) is 26.2 Å². The summed E-state index contributed by atoms with van der Waals surface area (Å²) in [4.78, 5) is 31.1. The average Bonchev–Trinajstić information content (AvgIpc) is 3.18. The van der Waals surface area contributed by atoms with Gasteiger partial charge in [0.1, 0.15) is 12.4 Å². The number of hydrogen-bond donors (Lipinski definition) is 0. The second-order valence-electron chi connectivity index (χ2n) is 6.55. The summed E-state index contributed by atoms with van der Waals surface area (Å²) in [5.74, 6) is -0.494. The molecule has 2 rings (SSSR count). The van der Waals surface area contributed by atoms with Gasteiger partial charge in [0, 0.05) is 39.2 Å². The second-order valence-corrected chi connectivity index (χ2v) is 7.58. The van der Waals surface area contributed by atoms with E-state index in [9.17, 15) is 14.0 Å². The molecule has 0 saturated heterocycles. The molecule has 0 aliphatic carbocycles. The number of hydrogen-bond acceptors (Lipinski definition) is 4. The Morgan fingerprint density at radius 2 is 1.79 bits per heavy atom. The molecule has 2 aromatic rings. The van der Waals surface area contributed by atoms with E-state index >= 15 is 0 Å². The summed E-state index contributed by atoms with van der Waals surface area (Å²) < 4.78 is 18.3. The van der Waals surface area contributed by atoms with Crippen LogP contribution in [0.4, 0.5) is 9.18 Å². The van der Waals surface area contributed by atoms with E-state index in [4.69, 9.17) is 4.74 Å². The number of nitrogens with zero attached hydrogens (tertiary/aromatic N) is 3. The number of rotatable bonds is 9. The molecule has 1 aromatic heterocycles. The molecular formula is C20H26FN3O3S. The van der Waals surface area contributed by atoms with Crippen LogP contribution in [0, 0.1) is 5.82 Å². The molecule has 152 valence electrons. The second kappa shape index (κ2) is 10.8. The minimum atomic E-state index is -0.317. The Hall–Kier alpha value is -2.45. The van der Waals surface area contributed by atoms with Crippen molar-refractivity contribution in [3.8, 4) is 0 Å². The van der Waals surface area contributed by atoms with Gasteiger partial charge in [-0.05, 0) is 29.1 Å². The van der Waals surface area contributed by atoms with Crippen LogP contribution in [0.2, 0.25) is 0 Å². The number of halogens is 1. The standard InChI is InChI=1S/C20H26FN3O3S/c1-22(2)20(26)23(10-11-27-3)15-19(25)24(14-18-5-4-12-28-18)13-16-6-8-17(21)9-7-16/h4-9,12H,10-11,13-15H2,1-3H3. The van der Waals surface area contributed by atoms with Crippen molar-refractivity contribution < 1.29 is 18.7 Å². The Morgan fingerprint density at radius 1 is 1.07 bits per heavy atom. The summed E-state index contributed by atoms with van der Waals surface area (Å²) in [5, 5.41) is 1.95. The van der Waals surface area contributed by atoms with Gasteiger partial charge in [0.05, 0.1) is 13.2 Å². The molecule has 6 nitrogen and oxygen atoms in total. The van der Waals surface area contributed by atoms with Gasteiger partial charge >= 0.3 is 6.03 Å². The molecule has 0 radical (unpaired) electrons. The molecular weight excluding hydrogens is 381 g/mol. The van der Waals surface area contributed by atoms with E-state index in [1.165, 1.54) is 21.9 Å². The number of amides is 3. The van der Waals surface area contributed by atoms with Crippen LogP contribution >= 0.6 is 11.3 Å². The molecule has 0 saturated carbocycles. The van der Waals surface area contributed by atoms with E-state index < -0.39 is 0 Å². The zero-order valence-corrected chi connectivity index (χ0v) is 17.2. The van der Waals surface area contributed by atoms with Crippen LogP contribution in [0.5, 0.6) is 0 Å². The lowest BCUT2D eigenvalue weighted by atomic mass is 10.2. The fraction of sp³-hybridized carbons (Fsp3) is 0.400. The molecule has 0 aliphatic rings. The molecule has 0 atom stereocenters. The number of ether oxygens (including phenoxy) is 1. The Bertz CT molecular complexity index is 751. The summed E-state index contributed by atoms with van der Waals surface area (Å²) in [5.41, 5.74) is 0.827. The molecule has 3 amide bonds. The van der Waals surface area contributed by atoms with E-state index in [0.717, 1.165) is 10.4 Å². The summed E-state index contributed by atoms with van der Waals surface area (Å²) in [6, 6.07) is 9.73. The number of benzene rings is 1. The highest BCUT2D eigenvalue weighted by Crippen LogP contribution is 2.16. The number of urea groups is 1. The number of carbonyl (C=O) groups is 2. The van der Waals surface area contributed by atoms with E-state index in [1.807, 2.05) is 17.5 Å². The third-order valence-electron chi connectivity index (χ3n) is 4.11. The quantitative estimate of drug-likeness (QED) is 0.642. The van der Waals surface area contributed by atoms with Crippen molar-refractivity contribution in [3.63, 3.8) is 0 Å². The maximum atomic E-state index is 13.2. The van der Waals surface area contributed by atoms with Crippen molar-refractivity contribution in [1.82, 2.24) is 14.7 Å². The fourth-order valence-corrected chi connectivity index (χ4v) is 3.34. The molecule has 0 fully saturated rings. The maximum absolute atomic E-state index is 13.2. The Morgan fingerprint density at radius 3 is 2.36 bits per heavy atom. The van der Waals surface area contributed by atoms with Crippen LogP contribution in [-0.4, -0.2) is 67.5 Å². The SMILES string of the molecule is COCCN(CC(=O)N(Cc1ccc(F)cc1)Cc1cccs1)C(=O)N(C)C. The largest absolute Gasteiger partial charge is 0.383 e. The molecule has 0 spiro atoms. The van der Waals surface area contributed by atoms with Crippen LogP contribution in [0.15, 0.2) is 41.8 Å². The summed E-state index contributed by atoms with van der Waals surface area (Å²) in [6.45, 7) is 1.39. The third-order valence-corrected chi connectivity index (χ3v) is 4.97. The minimum absolute atomic E-state index is 0.0487. The van der Waals surface area contributed by atoms with Gasteiger partial charge < -0.3 is 19.4 Å². The lowest BCUT2D eigenvalue weighted by Gasteiger charge is -2.29. The molecule has 1 heterocycles. The predicted molar refractivity (Wildman–Crippen MR) is 108 cm³/mol. The van der Waals surface area contributed by atoms with Gasteiger partial charge in [0.25, 0.3) is 0 Å². The monoisotopic (exact) mass is 407 g/mol. The van der Waals surface area contributed by atoms with E-state index in [1.54, 1.807) is 49.6 Å². The van der Waals surface area contributed by atoms with Gasteiger partial charge in [0.15, 0.2) is 0 Å². The first kappa shape index (κ1) is 21.8. The molecule has 28 heavy (non-hydrogen) atoms. The van der Waals surface area contributed by atoms with Crippen LogP contribution in [-0.2, 0) is 22.6 Å².